The van der Waals surface area contributed by atoms with Gasteiger partial charge in [0.05, 0.1) is 13.2 Å². The molecule has 0 bridgehead atoms. The molecule has 2 N–H and O–H groups in total. The van der Waals surface area contributed by atoms with Gasteiger partial charge in [-0.3, -0.25) is 4.79 Å². The van der Waals surface area contributed by atoms with Gasteiger partial charge in [0.25, 0.3) is 0 Å². The van der Waals surface area contributed by atoms with Crippen LogP contribution in [0.1, 0.15) is 36.8 Å². The molecule has 2 fully saturated rings. The van der Waals surface area contributed by atoms with Crippen molar-refractivity contribution >= 4 is 17.2 Å². The van der Waals surface area contributed by atoms with Gasteiger partial charge in [0, 0.05) is 30.1 Å². The highest BCUT2D eigenvalue weighted by molar-refractivity contribution is 7.09. The van der Waals surface area contributed by atoms with Gasteiger partial charge in [-0.25, -0.2) is 4.98 Å². The largest absolute Gasteiger partial charge is 0.367 e. The monoisotopic (exact) mass is 295 g/mol. The minimum Gasteiger partial charge on any atom is -0.367 e. The average Bonchev–Trinajstić information content (AvgIpc) is 3.01. The van der Waals surface area contributed by atoms with E-state index in [0.717, 1.165) is 30.7 Å². The molecular formula is C14H21N3O2S. The van der Waals surface area contributed by atoms with Crippen LogP contribution in [0.5, 0.6) is 0 Å². The van der Waals surface area contributed by atoms with Gasteiger partial charge in [-0.15, -0.1) is 11.3 Å². The number of ether oxygens (including phenoxy) is 1. The van der Waals surface area contributed by atoms with Gasteiger partial charge >= 0.3 is 0 Å². The van der Waals surface area contributed by atoms with Crippen LogP contribution in [0.15, 0.2) is 11.6 Å². The second-order valence-corrected chi connectivity index (χ2v) is 6.56. The zero-order chi connectivity index (χ0) is 13.9. The number of nitrogens with zero attached hydrogens (tertiary/aromatic N) is 2. The molecule has 1 saturated carbocycles. The van der Waals surface area contributed by atoms with Crippen LogP contribution in [0.4, 0.5) is 0 Å². The Hall–Kier alpha value is -0.980. The van der Waals surface area contributed by atoms with Crippen molar-refractivity contribution in [2.75, 3.05) is 19.7 Å². The lowest BCUT2D eigenvalue weighted by Crippen LogP contribution is -2.46. The van der Waals surface area contributed by atoms with Crippen LogP contribution in [0.25, 0.3) is 0 Å². The van der Waals surface area contributed by atoms with Gasteiger partial charge in [0.1, 0.15) is 11.1 Å². The number of nitrogens with two attached hydrogens (primary N) is 1. The number of carbonyl (C=O) groups is 1. The molecule has 1 aromatic heterocycles. The predicted octanol–water partition coefficient (Wildman–Crippen LogP) is 1.56. The van der Waals surface area contributed by atoms with Crippen LogP contribution >= 0.6 is 11.3 Å². The lowest BCUT2D eigenvalue weighted by Gasteiger charge is -2.36. The first-order valence-corrected chi connectivity index (χ1v) is 8.17. The van der Waals surface area contributed by atoms with Crippen molar-refractivity contribution in [2.45, 2.75) is 37.8 Å². The maximum Gasteiger partial charge on any atom is 0.225 e. The highest BCUT2D eigenvalue weighted by Gasteiger charge is 2.33. The molecule has 1 aromatic rings. The van der Waals surface area contributed by atoms with E-state index in [1.165, 1.54) is 0 Å². The molecule has 1 aliphatic carbocycles. The fourth-order valence-electron chi connectivity index (χ4n) is 3.10. The smallest absolute Gasteiger partial charge is 0.225 e. The van der Waals surface area contributed by atoms with E-state index >= 15 is 0 Å². The Labute approximate surface area is 123 Å². The summed E-state index contributed by atoms with van der Waals surface area (Å²) in [7, 11) is 0. The van der Waals surface area contributed by atoms with Gasteiger partial charge in [-0.1, -0.05) is 6.42 Å². The molecule has 1 amide bonds. The Balaban J connectivity index is 1.63. The van der Waals surface area contributed by atoms with Gasteiger partial charge in [0.2, 0.25) is 5.91 Å². The Morgan fingerprint density at radius 1 is 1.50 bits per heavy atom. The van der Waals surface area contributed by atoms with Gasteiger partial charge in [-0.2, -0.15) is 0 Å². The quantitative estimate of drug-likeness (QED) is 0.899. The van der Waals surface area contributed by atoms with Crippen LogP contribution in [0.2, 0.25) is 0 Å². The van der Waals surface area contributed by atoms with Crippen molar-refractivity contribution < 1.29 is 9.53 Å². The van der Waals surface area contributed by atoms with Crippen molar-refractivity contribution in [2.24, 2.45) is 11.7 Å². The third kappa shape index (κ3) is 3.02. The average molecular weight is 295 g/mol. The summed E-state index contributed by atoms with van der Waals surface area (Å²) in [5.74, 6) is 0.360. The summed E-state index contributed by atoms with van der Waals surface area (Å²) >= 11 is 1.59. The molecule has 3 atom stereocenters. The van der Waals surface area contributed by atoms with E-state index in [0.29, 0.717) is 19.7 Å². The zero-order valence-electron chi connectivity index (χ0n) is 11.5. The molecule has 0 aromatic carbocycles. The summed E-state index contributed by atoms with van der Waals surface area (Å²) in [6.45, 7) is 1.90. The Bertz CT molecular complexity index is 451. The maximum absolute atomic E-state index is 12.6. The first-order valence-electron chi connectivity index (χ1n) is 7.29. The topological polar surface area (TPSA) is 68.5 Å². The van der Waals surface area contributed by atoms with Crippen LogP contribution in [0, 0.1) is 5.92 Å². The second kappa shape index (κ2) is 6.20. The third-order valence-electron chi connectivity index (χ3n) is 4.17. The van der Waals surface area contributed by atoms with Crippen molar-refractivity contribution in [3.8, 4) is 0 Å². The van der Waals surface area contributed by atoms with E-state index < -0.39 is 0 Å². The minimum atomic E-state index is -0.0648. The fraction of sp³-hybridized carbons (Fsp3) is 0.714. The number of morpholine rings is 1. The molecule has 2 aliphatic rings. The van der Waals surface area contributed by atoms with Crippen LogP contribution in [0.3, 0.4) is 0 Å². The highest BCUT2D eigenvalue weighted by Crippen LogP contribution is 2.28. The first-order chi connectivity index (χ1) is 9.74. The van der Waals surface area contributed by atoms with Crippen molar-refractivity contribution in [1.29, 1.82) is 0 Å². The highest BCUT2D eigenvalue weighted by atomic mass is 32.1. The molecule has 3 rings (SSSR count). The minimum absolute atomic E-state index is 0.0648. The van der Waals surface area contributed by atoms with Crippen molar-refractivity contribution in [3.05, 3.63) is 16.6 Å². The van der Waals surface area contributed by atoms with Crippen LogP contribution < -0.4 is 5.73 Å². The summed E-state index contributed by atoms with van der Waals surface area (Å²) in [5, 5.41) is 2.91. The fourth-order valence-corrected chi connectivity index (χ4v) is 3.78. The van der Waals surface area contributed by atoms with Crippen LogP contribution in [-0.4, -0.2) is 41.5 Å². The van der Waals surface area contributed by atoms with Crippen molar-refractivity contribution in [1.82, 2.24) is 9.88 Å². The summed E-state index contributed by atoms with van der Waals surface area (Å²) in [4.78, 5) is 18.8. The van der Waals surface area contributed by atoms with E-state index in [2.05, 4.69) is 4.98 Å². The number of thiazole rings is 1. The normalized spacial score (nSPS) is 31.2. The zero-order valence-corrected chi connectivity index (χ0v) is 12.3. The summed E-state index contributed by atoms with van der Waals surface area (Å²) in [6, 6.07) is 0.188. The van der Waals surface area contributed by atoms with E-state index in [1.807, 2.05) is 10.3 Å². The second-order valence-electron chi connectivity index (χ2n) is 5.64. The molecule has 2 heterocycles. The van der Waals surface area contributed by atoms with E-state index in [1.54, 1.807) is 17.5 Å². The molecule has 0 spiro atoms. The summed E-state index contributed by atoms with van der Waals surface area (Å²) in [6.07, 6.45) is 5.64. The molecule has 6 heteroatoms. The molecule has 1 aliphatic heterocycles. The first kappa shape index (κ1) is 14.0. The lowest BCUT2D eigenvalue weighted by atomic mass is 9.85. The molecule has 5 nitrogen and oxygen atoms in total. The molecule has 0 radical (unpaired) electrons. The summed E-state index contributed by atoms with van der Waals surface area (Å²) in [5.41, 5.74) is 5.99. The number of aromatic nitrogens is 1. The van der Waals surface area contributed by atoms with Gasteiger partial charge < -0.3 is 15.4 Å². The third-order valence-corrected chi connectivity index (χ3v) is 5.04. The number of hydrogen-bond acceptors (Lipinski definition) is 5. The molecule has 1 saturated heterocycles. The van der Waals surface area contributed by atoms with Gasteiger partial charge in [0.15, 0.2) is 0 Å². The number of hydrogen-bond donors (Lipinski definition) is 1. The Morgan fingerprint density at radius 2 is 2.40 bits per heavy atom. The molecular weight excluding hydrogens is 274 g/mol. The molecule has 20 heavy (non-hydrogen) atoms. The van der Waals surface area contributed by atoms with Gasteiger partial charge in [-0.05, 0) is 19.3 Å². The summed E-state index contributed by atoms with van der Waals surface area (Å²) < 4.78 is 5.74. The standard InChI is InChI=1S/C14H21N3O2S/c15-11-3-1-2-10(8-11)14(18)17-5-6-19-12(9-17)13-16-4-7-20-13/h4,7,10-12H,1-3,5-6,8-9,15H2/t10-,11+,12-/m0/s1. The Morgan fingerprint density at radius 3 is 3.15 bits per heavy atom. The van der Waals surface area contributed by atoms with Crippen molar-refractivity contribution in [3.63, 3.8) is 0 Å². The lowest BCUT2D eigenvalue weighted by molar-refractivity contribution is -0.144. The molecule has 0 unspecified atom stereocenters. The van der Waals surface area contributed by atoms with Crippen LogP contribution in [-0.2, 0) is 9.53 Å². The maximum atomic E-state index is 12.6. The van der Waals surface area contributed by atoms with E-state index in [-0.39, 0.29) is 24.0 Å². The number of amides is 1. The molecule has 110 valence electrons. The number of carbonyl (C=O) groups excluding carboxylic acids is 1. The number of rotatable bonds is 2. The SMILES string of the molecule is N[C@@H]1CCC[C@H](C(=O)N2CCO[C@H](c3nccs3)C2)C1. The Kier molecular flexibility index (Phi) is 4.33. The predicted molar refractivity (Wildman–Crippen MR) is 77.3 cm³/mol. The van der Waals surface area contributed by atoms with E-state index in [9.17, 15) is 4.79 Å². The van der Waals surface area contributed by atoms with E-state index in [4.69, 9.17) is 10.5 Å².